The Labute approximate surface area is 170 Å². The molecule has 2 rings (SSSR count). The lowest BCUT2D eigenvalue weighted by atomic mass is 10.1. The highest BCUT2D eigenvalue weighted by molar-refractivity contribution is 6.36. The van der Waals surface area contributed by atoms with Gasteiger partial charge in [-0.2, -0.15) is 0 Å². The van der Waals surface area contributed by atoms with Gasteiger partial charge in [0.05, 0.1) is 6.42 Å². The van der Waals surface area contributed by atoms with Gasteiger partial charge in [-0.1, -0.05) is 66.5 Å². The second-order valence-corrected chi connectivity index (χ2v) is 7.05. The van der Waals surface area contributed by atoms with E-state index in [0.29, 0.717) is 35.0 Å². The van der Waals surface area contributed by atoms with Crippen LogP contribution in [-0.4, -0.2) is 36.3 Å². The first-order valence-corrected chi connectivity index (χ1v) is 9.71. The molecule has 2 aromatic carbocycles. The summed E-state index contributed by atoms with van der Waals surface area (Å²) in [6, 6.07) is 14.5. The molecular weight excluding hydrogens is 383 g/mol. The van der Waals surface area contributed by atoms with Crippen LogP contribution in [0.3, 0.4) is 0 Å². The van der Waals surface area contributed by atoms with Crippen molar-refractivity contribution in [3.8, 4) is 0 Å². The predicted molar refractivity (Wildman–Crippen MR) is 110 cm³/mol. The van der Waals surface area contributed by atoms with E-state index in [1.807, 2.05) is 37.3 Å². The third kappa shape index (κ3) is 5.72. The van der Waals surface area contributed by atoms with Crippen molar-refractivity contribution in [2.24, 2.45) is 0 Å². The normalized spacial score (nSPS) is 11.7. The van der Waals surface area contributed by atoms with Crippen LogP contribution in [-0.2, 0) is 22.4 Å². The highest BCUT2D eigenvalue weighted by Gasteiger charge is 2.28. The highest BCUT2D eigenvalue weighted by Crippen LogP contribution is 2.25. The Hall–Kier alpha value is -2.04. The van der Waals surface area contributed by atoms with Gasteiger partial charge in [0, 0.05) is 23.6 Å². The van der Waals surface area contributed by atoms with Gasteiger partial charge < -0.3 is 10.2 Å². The predicted octanol–water partition coefficient (Wildman–Crippen LogP) is 4.13. The van der Waals surface area contributed by atoms with Gasteiger partial charge in [0.25, 0.3) is 0 Å². The monoisotopic (exact) mass is 406 g/mol. The Morgan fingerprint density at radius 2 is 1.67 bits per heavy atom. The number of nitrogens with zero attached hydrogens (tertiary/aromatic N) is 1. The molecule has 0 bridgehead atoms. The molecule has 27 heavy (non-hydrogen) atoms. The highest BCUT2D eigenvalue weighted by atomic mass is 35.5. The van der Waals surface area contributed by atoms with Crippen molar-refractivity contribution in [2.45, 2.75) is 32.2 Å². The van der Waals surface area contributed by atoms with Crippen LogP contribution in [0.15, 0.2) is 48.5 Å². The lowest BCUT2D eigenvalue weighted by molar-refractivity contribution is -0.140. The summed E-state index contributed by atoms with van der Waals surface area (Å²) < 4.78 is 0. The van der Waals surface area contributed by atoms with Gasteiger partial charge in [-0.3, -0.25) is 9.59 Å². The summed E-state index contributed by atoms with van der Waals surface area (Å²) in [5.74, 6) is -0.347. The number of nitrogens with one attached hydrogen (secondary N) is 1. The summed E-state index contributed by atoms with van der Waals surface area (Å²) in [5, 5.41) is 3.55. The van der Waals surface area contributed by atoms with Crippen LogP contribution in [0, 0.1) is 0 Å². The maximum Gasteiger partial charge on any atom is 0.242 e. The molecule has 2 aromatic rings. The number of benzene rings is 2. The van der Waals surface area contributed by atoms with Gasteiger partial charge in [0.15, 0.2) is 0 Å². The Balaban J connectivity index is 2.24. The molecule has 4 nitrogen and oxygen atoms in total. The summed E-state index contributed by atoms with van der Waals surface area (Å²) in [6.45, 7) is 2.34. The van der Waals surface area contributed by atoms with E-state index < -0.39 is 6.04 Å². The van der Waals surface area contributed by atoms with Gasteiger partial charge in [-0.15, -0.1) is 0 Å². The minimum absolute atomic E-state index is 0.0563. The number of rotatable bonds is 8. The fraction of sp³-hybridized carbons (Fsp3) is 0.333. The van der Waals surface area contributed by atoms with Gasteiger partial charge in [-0.25, -0.2) is 0 Å². The lowest BCUT2D eigenvalue weighted by Gasteiger charge is -2.30. The first-order chi connectivity index (χ1) is 13.0. The Kier molecular flexibility index (Phi) is 8.14. The van der Waals surface area contributed by atoms with Crippen molar-refractivity contribution in [3.05, 3.63) is 69.7 Å². The quantitative estimate of drug-likeness (QED) is 0.716. The standard InChI is InChI=1S/C21H24Cl2N2O2/c1-3-19(21(27)24-2)25(13-12-15-8-5-4-6-9-15)20(26)14-16-17(22)10-7-11-18(16)23/h4-11,19H,3,12-14H2,1-2H3,(H,24,27). The molecule has 0 aliphatic rings. The van der Waals surface area contributed by atoms with Crippen molar-refractivity contribution >= 4 is 35.0 Å². The zero-order chi connectivity index (χ0) is 19.8. The third-order valence-corrected chi connectivity index (χ3v) is 5.21. The smallest absolute Gasteiger partial charge is 0.242 e. The van der Waals surface area contributed by atoms with E-state index in [9.17, 15) is 9.59 Å². The molecule has 0 saturated heterocycles. The fourth-order valence-electron chi connectivity index (χ4n) is 3.02. The van der Waals surface area contributed by atoms with Crippen molar-refractivity contribution in [1.29, 1.82) is 0 Å². The number of carbonyl (C=O) groups is 2. The molecule has 0 heterocycles. The summed E-state index contributed by atoms with van der Waals surface area (Å²) in [6.07, 6.45) is 1.24. The molecule has 0 spiro atoms. The van der Waals surface area contributed by atoms with E-state index in [2.05, 4.69) is 5.32 Å². The topological polar surface area (TPSA) is 49.4 Å². The lowest BCUT2D eigenvalue weighted by Crippen LogP contribution is -2.49. The van der Waals surface area contributed by atoms with Crippen LogP contribution in [0.25, 0.3) is 0 Å². The maximum absolute atomic E-state index is 13.1. The number of hydrogen-bond acceptors (Lipinski definition) is 2. The molecular formula is C21H24Cl2N2O2. The van der Waals surface area contributed by atoms with Crippen LogP contribution in [0.1, 0.15) is 24.5 Å². The average molecular weight is 407 g/mol. The van der Waals surface area contributed by atoms with Crippen LogP contribution in [0.5, 0.6) is 0 Å². The second kappa shape index (κ2) is 10.3. The largest absolute Gasteiger partial charge is 0.357 e. The van der Waals surface area contributed by atoms with Crippen LogP contribution in [0.2, 0.25) is 10.0 Å². The SMILES string of the molecule is CCC(C(=O)NC)N(CCc1ccccc1)C(=O)Cc1c(Cl)cccc1Cl. The van der Waals surface area contributed by atoms with E-state index in [-0.39, 0.29) is 18.2 Å². The molecule has 0 aliphatic carbocycles. The van der Waals surface area contributed by atoms with Crippen molar-refractivity contribution < 1.29 is 9.59 Å². The van der Waals surface area contributed by atoms with E-state index >= 15 is 0 Å². The molecule has 0 radical (unpaired) electrons. The fourth-order valence-corrected chi connectivity index (χ4v) is 3.55. The summed E-state index contributed by atoms with van der Waals surface area (Å²) in [5.41, 5.74) is 1.69. The molecule has 1 atom stereocenters. The molecule has 0 saturated carbocycles. The molecule has 0 aromatic heterocycles. The molecule has 0 fully saturated rings. The number of likely N-dealkylation sites (N-methyl/N-ethyl adjacent to an activating group) is 1. The summed E-state index contributed by atoms with van der Waals surface area (Å²) in [7, 11) is 1.58. The van der Waals surface area contributed by atoms with Crippen molar-refractivity contribution in [1.82, 2.24) is 10.2 Å². The zero-order valence-electron chi connectivity index (χ0n) is 15.5. The van der Waals surface area contributed by atoms with Gasteiger partial charge in [0.2, 0.25) is 11.8 Å². The molecule has 144 valence electrons. The van der Waals surface area contributed by atoms with E-state index in [4.69, 9.17) is 23.2 Å². The second-order valence-electron chi connectivity index (χ2n) is 6.24. The van der Waals surface area contributed by atoms with Crippen LogP contribution < -0.4 is 5.32 Å². The van der Waals surface area contributed by atoms with Gasteiger partial charge in [-0.05, 0) is 36.1 Å². The van der Waals surface area contributed by atoms with E-state index in [1.165, 1.54) is 0 Å². The number of halogens is 2. The zero-order valence-corrected chi connectivity index (χ0v) is 17.1. The summed E-state index contributed by atoms with van der Waals surface area (Å²) >= 11 is 12.4. The van der Waals surface area contributed by atoms with Gasteiger partial charge in [0.1, 0.15) is 6.04 Å². The number of hydrogen-bond donors (Lipinski definition) is 1. The first-order valence-electron chi connectivity index (χ1n) is 8.95. The summed E-state index contributed by atoms with van der Waals surface area (Å²) in [4.78, 5) is 27.0. The van der Waals surface area contributed by atoms with Crippen LogP contribution in [0.4, 0.5) is 0 Å². The third-order valence-electron chi connectivity index (χ3n) is 4.51. The minimum Gasteiger partial charge on any atom is -0.357 e. The Morgan fingerprint density at radius 3 is 2.22 bits per heavy atom. The Morgan fingerprint density at radius 1 is 1.04 bits per heavy atom. The minimum atomic E-state index is -0.535. The maximum atomic E-state index is 13.1. The van der Waals surface area contributed by atoms with E-state index in [0.717, 1.165) is 5.56 Å². The number of amides is 2. The Bertz CT molecular complexity index is 761. The molecule has 2 amide bonds. The van der Waals surface area contributed by atoms with E-state index in [1.54, 1.807) is 30.1 Å². The molecule has 1 N–H and O–H groups in total. The molecule has 1 unspecified atom stereocenters. The van der Waals surface area contributed by atoms with Gasteiger partial charge >= 0.3 is 0 Å². The first kappa shape index (κ1) is 21.3. The van der Waals surface area contributed by atoms with Crippen LogP contribution >= 0.6 is 23.2 Å². The molecule has 6 heteroatoms. The van der Waals surface area contributed by atoms with Crippen molar-refractivity contribution in [2.75, 3.05) is 13.6 Å². The average Bonchev–Trinajstić information content (AvgIpc) is 2.68. The van der Waals surface area contributed by atoms with Crippen molar-refractivity contribution in [3.63, 3.8) is 0 Å². The number of carbonyl (C=O) groups excluding carboxylic acids is 2. The molecule has 0 aliphatic heterocycles.